The smallest absolute Gasteiger partial charge is 0.383 e. The van der Waals surface area contributed by atoms with E-state index in [4.69, 9.17) is 5.73 Å². The first kappa shape index (κ1) is 19.0. The average molecular weight is 368 g/mol. The lowest BCUT2D eigenvalue weighted by molar-refractivity contribution is -0.137. The zero-order chi connectivity index (χ0) is 19.5. The summed E-state index contributed by atoms with van der Waals surface area (Å²) in [6, 6.07) is 3.65. The molecule has 0 saturated carbocycles. The van der Waals surface area contributed by atoms with Gasteiger partial charge in [0, 0.05) is 26.0 Å². The predicted molar refractivity (Wildman–Crippen MR) is 88.5 cm³/mol. The van der Waals surface area contributed by atoms with Gasteiger partial charge in [-0.3, -0.25) is 10.1 Å². The SMILES string of the molecule is CN(C)C(=O)Nc1ncc(C(=O)Nc2cccc(C(F)(F)F)c2)c(N)n1. The lowest BCUT2D eigenvalue weighted by Gasteiger charge is -2.12. The van der Waals surface area contributed by atoms with Crippen LogP contribution in [0.25, 0.3) is 0 Å². The van der Waals surface area contributed by atoms with Crippen molar-refractivity contribution in [3.63, 3.8) is 0 Å². The molecule has 0 radical (unpaired) electrons. The van der Waals surface area contributed by atoms with Crippen LogP contribution in [0, 0.1) is 0 Å². The fourth-order valence-corrected chi connectivity index (χ4v) is 1.81. The molecular formula is C15H15F3N6O2. The Morgan fingerprint density at radius 3 is 2.46 bits per heavy atom. The third kappa shape index (κ3) is 4.59. The zero-order valence-electron chi connectivity index (χ0n) is 13.8. The maximum atomic E-state index is 12.7. The van der Waals surface area contributed by atoms with E-state index >= 15 is 0 Å². The third-order valence-electron chi connectivity index (χ3n) is 3.14. The Balaban J connectivity index is 2.16. The minimum atomic E-state index is -4.53. The molecule has 0 fully saturated rings. The third-order valence-corrected chi connectivity index (χ3v) is 3.14. The summed E-state index contributed by atoms with van der Waals surface area (Å²) in [7, 11) is 3.02. The van der Waals surface area contributed by atoms with E-state index < -0.39 is 23.7 Å². The van der Waals surface area contributed by atoms with E-state index in [1.807, 2.05) is 0 Å². The molecular weight excluding hydrogens is 353 g/mol. The highest BCUT2D eigenvalue weighted by Gasteiger charge is 2.30. The van der Waals surface area contributed by atoms with Crippen molar-refractivity contribution in [1.29, 1.82) is 0 Å². The minimum absolute atomic E-state index is 0.0609. The second-order valence-corrected chi connectivity index (χ2v) is 5.35. The number of nitrogens with zero attached hydrogens (tertiary/aromatic N) is 3. The monoisotopic (exact) mass is 368 g/mol. The first-order valence-corrected chi connectivity index (χ1v) is 7.17. The summed E-state index contributed by atoms with van der Waals surface area (Å²) < 4.78 is 38.1. The molecule has 138 valence electrons. The maximum absolute atomic E-state index is 12.7. The van der Waals surface area contributed by atoms with Crippen LogP contribution in [-0.4, -0.2) is 40.9 Å². The Labute approximate surface area is 146 Å². The van der Waals surface area contributed by atoms with Gasteiger partial charge in [-0.15, -0.1) is 0 Å². The second-order valence-electron chi connectivity index (χ2n) is 5.35. The molecule has 1 heterocycles. The topological polar surface area (TPSA) is 113 Å². The molecule has 1 aromatic carbocycles. The molecule has 0 aliphatic carbocycles. The fourth-order valence-electron chi connectivity index (χ4n) is 1.81. The predicted octanol–water partition coefficient (Wildman–Crippen LogP) is 2.42. The van der Waals surface area contributed by atoms with Crippen molar-refractivity contribution in [2.45, 2.75) is 6.18 Å². The van der Waals surface area contributed by atoms with Crippen molar-refractivity contribution in [1.82, 2.24) is 14.9 Å². The first-order chi connectivity index (χ1) is 12.1. The molecule has 0 bridgehead atoms. The Morgan fingerprint density at radius 1 is 1.19 bits per heavy atom. The molecule has 2 rings (SSSR count). The summed E-state index contributed by atoms with van der Waals surface area (Å²) in [5.41, 5.74) is 4.56. The summed E-state index contributed by atoms with van der Waals surface area (Å²) in [6.07, 6.45) is -3.47. The van der Waals surface area contributed by atoms with E-state index in [0.29, 0.717) is 0 Å². The highest BCUT2D eigenvalue weighted by molar-refractivity contribution is 6.07. The Bertz CT molecular complexity index is 838. The number of rotatable bonds is 3. The van der Waals surface area contributed by atoms with E-state index in [0.717, 1.165) is 24.4 Å². The normalized spacial score (nSPS) is 11.0. The quantitative estimate of drug-likeness (QED) is 0.770. The molecule has 1 aromatic heterocycles. The largest absolute Gasteiger partial charge is 0.416 e. The van der Waals surface area contributed by atoms with Crippen LogP contribution in [0.2, 0.25) is 0 Å². The van der Waals surface area contributed by atoms with Gasteiger partial charge in [0.15, 0.2) is 0 Å². The van der Waals surface area contributed by atoms with E-state index in [1.165, 1.54) is 25.1 Å². The molecule has 0 unspecified atom stereocenters. The van der Waals surface area contributed by atoms with Crippen LogP contribution in [-0.2, 0) is 6.18 Å². The van der Waals surface area contributed by atoms with E-state index in [-0.39, 0.29) is 23.0 Å². The van der Waals surface area contributed by atoms with Gasteiger partial charge in [0.2, 0.25) is 5.95 Å². The molecule has 26 heavy (non-hydrogen) atoms. The fraction of sp³-hybridized carbons (Fsp3) is 0.200. The van der Waals surface area contributed by atoms with Gasteiger partial charge in [-0.05, 0) is 18.2 Å². The summed E-state index contributed by atoms with van der Waals surface area (Å²) in [4.78, 5) is 32.5. The van der Waals surface area contributed by atoms with Crippen molar-refractivity contribution in [3.05, 3.63) is 41.6 Å². The molecule has 0 aliphatic heterocycles. The van der Waals surface area contributed by atoms with E-state index in [9.17, 15) is 22.8 Å². The molecule has 3 amide bonds. The first-order valence-electron chi connectivity index (χ1n) is 7.17. The van der Waals surface area contributed by atoms with Crippen LogP contribution < -0.4 is 16.4 Å². The Morgan fingerprint density at radius 2 is 1.88 bits per heavy atom. The van der Waals surface area contributed by atoms with Crippen LogP contribution in [0.5, 0.6) is 0 Å². The number of amides is 3. The number of anilines is 3. The summed E-state index contributed by atoms with van der Waals surface area (Å²) in [5, 5.41) is 4.65. The lowest BCUT2D eigenvalue weighted by Crippen LogP contribution is -2.28. The van der Waals surface area contributed by atoms with Gasteiger partial charge in [0.05, 0.1) is 5.56 Å². The highest BCUT2D eigenvalue weighted by atomic mass is 19.4. The van der Waals surface area contributed by atoms with Crippen LogP contribution in [0.4, 0.5) is 35.4 Å². The van der Waals surface area contributed by atoms with Crippen LogP contribution >= 0.6 is 0 Å². The van der Waals surface area contributed by atoms with Gasteiger partial charge < -0.3 is 16.0 Å². The summed E-state index contributed by atoms with van der Waals surface area (Å²) in [5.74, 6) is -1.14. The molecule has 0 atom stereocenters. The van der Waals surface area contributed by atoms with Crippen molar-refractivity contribution in [2.75, 3.05) is 30.5 Å². The van der Waals surface area contributed by atoms with Gasteiger partial charge in [0.25, 0.3) is 5.91 Å². The van der Waals surface area contributed by atoms with Crippen LogP contribution in [0.1, 0.15) is 15.9 Å². The highest BCUT2D eigenvalue weighted by Crippen LogP contribution is 2.30. The lowest BCUT2D eigenvalue weighted by atomic mass is 10.2. The standard InChI is InChI=1S/C15H15F3N6O2/c1-24(2)14(26)23-13-20-7-10(11(19)22-13)12(25)21-9-5-3-4-8(6-9)15(16,17)18/h3-7H,1-2H3,(H,21,25)(H3,19,20,22,23,26). The Hall–Kier alpha value is -3.37. The molecule has 0 aliphatic rings. The maximum Gasteiger partial charge on any atom is 0.416 e. The summed E-state index contributed by atoms with van der Waals surface area (Å²) in [6.45, 7) is 0. The molecule has 0 spiro atoms. The second kappa shape index (κ2) is 7.25. The van der Waals surface area contributed by atoms with Gasteiger partial charge >= 0.3 is 12.2 Å². The number of carbonyl (C=O) groups excluding carboxylic acids is 2. The number of aromatic nitrogens is 2. The van der Waals surface area contributed by atoms with Crippen molar-refractivity contribution in [3.8, 4) is 0 Å². The van der Waals surface area contributed by atoms with Gasteiger partial charge in [-0.2, -0.15) is 18.2 Å². The van der Waals surface area contributed by atoms with Gasteiger partial charge in [0.1, 0.15) is 11.4 Å². The zero-order valence-corrected chi connectivity index (χ0v) is 13.8. The van der Waals surface area contributed by atoms with Gasteiger partial charge in [-0.25, -0.2) is 9.78 Å². The summed E-state index contributed by atoms with van der Waals surface area (Å²) >= 11 is 0. The number of hydrogen-bond donors (Lipinski definition) is 3. The molecule has 11 heteroatoms. The Kier molecular flexibility index (Phi) is 5.29. The number of alkyl halides is 3. The molecule has 8 nitrogen and oxygen atoms in total. The molecule has 0 saturated heterocycles. The van der Waals surface area contributed by atoms with Crippen molar-refractivity contribution in [2.24, 2.45) is 0 Å². The molecule has 2 aromatic rings. The number of hydrogen-bond acceptors (Lipinski definition) is 5. The molecule has 4 N–H and O–H groups in total. The number of nitrogens with one attached hydrogen (secondary N) is 2. The van der Waals surface area contributed by atoms with E-state index in [1.54, 1.807) is 0 Å². The van der Waals surface area contributed by atoms with Crippen molar-refractivity contribution >= 4 is 29.4 Å². The number of urea groups is 1. The number of benzene rings is 1. The van der Waals surface area contributed by atoms with Crippen LogP contribution in [0.3, 0.4) is 0 Å². The van der Waals surface area contributed by atoms with Crippen molar-refractivity contribution < 1.29 is 22.8 Å². The van der Waals surface area contributed by atoms with Crippen LogP contribution in [0.15, 0.2) is 30.5 Å². The number of halogens is 3. The minimum Gasteiger partial charge on any atom is -0.383 e. The number of nitrogens with two attached hydrogens (primary N) is 1. The van der Waals surface area contributed by atoms with E-state index in [2.05, 4.69) is 20.6 Å². The average Bonchev–Trinajstić information content (AvgIpc) is 2.54. The number of nitrogen functional groups attached to an aromatic ring is 1. The number of carbonyl (C=O) groups is 2. The van der Waals surface area contributed by atoms with Gasteiger partial charge in [-0.1, -0.05) is 6.07 Å².